The van der Waals surface area contributed by atoms with Gasteiger partial charge < -0.3 is 10.2 Å². The molecule has 0 atom stereocenters. The molecule has 2 rings (SSSR count). The second-order valence-corrected chi connectivity index (χ2v) is 5.00. The number of rotatable bonds is 5. The third kappa shape index (κ3) is 4.04. The van der Waals surface area contributed by atoms with Crippen molar-refractivity contribution in [3.05, 3.63) is 29.7 Å². The highest BCUT2D eigenvalue weighted by atomic mass is 16.3. The fourth-order valence-electron chi connectivity index (χ4n) is 2.47. The van der Waals surface area contributed by atoms with Gasteiger partial charge in [-0.1, -0.05) is 31.4 Å². The third-order valence-corrected chi connectivity index (χ3v) is 3.51. The summed E-state index contributed by atoms with van der Waals surface area (Å²) < 4.78 is 5.50. The van der Waals surface area contributed by atoms with E-state index in [9.17, 15) is 0 Å². The average Bonchev–Trinajstić information content (AvgIpc) is 2.83. The minimum absolute atomic E-state index is 0.730. The molecule has 1 aromatic rings. The van der Waals surface area contributed by atoms with E-state index in [0.717, 1.165) is 31.1 Å². The van der Waals surface area contributed by atoms with Crippen LogP contribution in [0.1, 0.15) is 49.8 Å². The largest absolute Gasteiger partial charge is 0.469 e. The predicted octanol–water partition coefficient (Wildman–Crippen LogP) is 3.76. The van der Waals surface area contributed by atoms with Gasteiger partial charge in [0.2, 0.25) is 0 Å². The van der Waals surface area contributed by atoms with Gasteiger partial charge in [0, 0.05) is 12.0 Å². The monoisotopic (exact) mass is 233 g/mol. The molecule has 0 amide bonds. The van der Waals surface area contributed by atoms with Crippen molar-refractivity contribution in [1.82, 2.24) is 0 Å². The highest BCUT2D eigenvalue weighted by Crippen LogP contribution is 2.25. The first kappa shape index (κ1) is 12.4. The van der Waals surface area contributed by atoms with Gasteiger partial charge in [0.1, 0.15) is 5.76 Å². The van der Waals surface area contributed by atoms with Crippen molar-refractivity contribution in [3.63, 3.8) is 0 Å². The minimum Gasteiger partial charge on any atom is -0.469 e. The van der Waals surface area contributed by atoms with E-state index < -0.39 is 0 Å². The Labute approximate surface area is 104 Å². The molecule has 17 heavy (non-hydrogen) atoms. The fraction of sp³-hybridized carbons (Fsp3) is 0.600. The molecule has 1 aromatic heterocycles. The van der Waals surface area contributed by atoms with Crippen LogP contribution in [-0.4, -0.2) is 6.54 Å². The zero-order valence-corrected chi connectivity index (χ0v) is 10.5. The maximum absolute atomic E-state index is 5.50. The van der Waals surface area contributed by atoms with E-state index in [0.29, 0.717) is 0 Å². The van der Waals surface area contributed by atoms with Gasteiger partial charge in [-0.05, 0) is 37.8 Å². The summed E-state index contributed by atoms with van der Waals surface area (Å²) >= 11 is 0. The molecule has 0 aliphatic heterocycles. The molecule has 0 saturated heterocycles. The van der Waals surface area contributed by atoms with Crippen LogP contribution in [0.3, 0.4) is 0 Å². The highest BCUT2D eigenvalue weighted by molar-refractivity contribution is 5.48. The molecule has 0 radical (unpaired) electrons. The highest BCUT2D eigenvalue weighted by Gasteiger charge is 2.09. The molecule has 0 unspecified atom stereocenters. The van der Waals surface area contributed by atoms with E-state index in [4.69, 9.17) is 10.2 Å². The van der Waals surface area contributed by atoms with Gasteiger partial charge in [-0.25, -0.2) is 0 Å². The van der Waals surface area contributed by atoms with E-state index in [1.165, 1.54) is 37.7 Å². The quantitative estimate of drug-likeness (QED) is 0.841. The van der Waals surface area contributed by atoms with Crippen molar-refractivity contribution in [3.8, 4) is 0 Å². The average molecular weight is 233 g/mol. The first-order valence-electron chi connectivity index (χ1n) is 6.84. The standard InChI is InChI=1S/C15H23NO/c16-10-4-7-15-11-14(12-17-15)9-8-13-5-2-1-3-6-13/h8-9,11-13H,1-7,10,16H2/b9-8+. The number of nitrogens with two attached hydrogens (primary N) is 1. The molecule has 1 heterocycles. The lowest BCUT2D eigenvalue weighted by Crippen LogP contribution is -2.02. The lowest BCUT2D eigenvalue weighted by molar-refractivity contribution is 0.420. The van der Waals surface area contributed by atoms with Crippen molar-refractivity contribution in [2.75, 3.05) is 6.54 Å². The first-order chi connectivity index (χ1) is 8.38. The minimum atomic E-state index is 0.730. The summed E-state index contributed by atoms with van der Waals surface area (Å²) in [7, 11) is 0. The van der Waals surface area contributed by atoms with Crippen LogP contribution in [0.15, 0.2) is 22.8 Å². The topological polar surface area (TPSA) is 39.2 Å². The molecule has 0 bridgehead atoms. The smallest absolute Gasteiger partial charge is 0.104 e. The molecule has 1 fully saturated rings. The Morgan fingerprint density at radius 3 is 2.88 bits per heavy atom. The van der Waals surface area contributed by atoms with Crippen LogP contribution >= 0.6 is 0 Å². The maximum atomic E-state index is 5.50. The summed E-state index contributed by atoms with van der Waals surface area (Å²) in [5.74, 6) is 1.84. The lowest BCUT2D eigenvalue weighted by atomic mass is 9.89. The van der Waals surface area contributed by atoms with Crippen molar-refractivity contribution in [2.45, 2.75) is 44.9 Å². The normalized spacial score (nSPS) is 17.9. The first-order valence-corrected chi connectivity index (χ1v) is 6.84. The Bertz CT molecular complexity index is 348. The van der Waals surface area contributed by atoms with Crippen LogP contribution in [0.4, 0.5) is 0 Å². The van der Waals surface area contributed by atoms with Gasteiger partial charge >= 0.3 is 0 Å². The number of furan rings is 1. The Kier molecular flexibility index (Phi) is 4.87. The maximum Gasteiger partial charge on any atom is 0.104 e. The molecule has 0 spiro atoms. The van der Waals surface area contributed by atoms with E-state index in [2.05, 4.69) is 18.2 Å². The molecule has 2 nitrogen and oxygen atoms in total. The van der Waals surface area contributed by atoms with Gasteiger partial charge in [-0.2, -0.15) is 0 Å². The van der Waals surface area contributed by atoms with Crippen LogP contribution in [0.2, 0.25) is 0 Å². The summed E-state index contributed by atoms with van der Waals surface area (Å²) in [5.41, 5.74) is 6.68. The molecule has 1 aliphatic carbocycles. The molecular formula is C15H23NO. The van der Waals surface area contributed by atoms with Gasteiger partial charge in [0.15, 0.2) is 0 Å². The van der Waals surface area contributed by atoms with E-state index >= 15 is 0 Å². The molecule has 2 heteroatoms. The Morgan fingerprint density at radius 1 is 1.29 bits per heavy atom. The molecule has 1 aliphatic rings. The Hall–Kier alpha value is -1.02. The number of allylic oxidation sites excluding steroid dienone is 1. The van der Waals surface area contributed by atoms with E-state index in [-0.39, 0.29) is 0 Å². The second kappa shape index (κ2) is 6.65. The summed E-state index contributed by atoms with van der Waals surface area (Å²) in [5, 5.41) is 0. The van der Waals surface area contributed by atoms with Crippen molar-refractivity contribution < 1.29 is 4.42 Å². The predicted molar refractivity (Wildman–Crippen MR) is 71.7 cm³/mol. The Balaban J connectivity index is 1.84. The summed E-state index contributed by atoms with van der Waals surface area (Å²) in [6.07, 6.45) is 15.3. The fourth-order valence-corrected chi connectivity index (χ4v) is 2.47. The van der Waals surface area contributed by atoms with E-state index in [1.54, 1.807) is 0 Å². The van der Waals surface area contributed by atoms with Crippen LogP contribution < -0.4 is 5.73 Å². The molecule has 1 saturated carbocycles. The lowest BCUT2D eigenvalue weighted by Gasteiger charge is -2.17. The zero-order chi connectivity index (χ0) is 11.9. The van der Waals surface area contributed by atoms with Crippen molar-refractivity contribution in [2.24, 2.45) is 11.7 Å². The van der Waals surface area contributed by atoms with Gasteiger partial charge in [0.05, 0.1) is 6.26 Å². The van der Waals surface area contributed by atoms with Gasteiger partial charge in [-0.3, -0.25) is 0 Å². The van der Waals surface area contributed by atoms with Gasteiger partial charge in [0.25, 0.3) is 0 Å². The number of hydrogen-bond acceptors (Lipinski definition) is 2. The van der Waals surface area contributed by atoms with Crippen molar-refractivity contribution >= 4 is 6.08 Å². The molecule has 94 valence electrons. The second-order valence-electron chi connectivity index (χ2n) is 5.00. The zero-order valence-electron chi connectivity index (χ0n) is 10.5. The molecular weight excluding hydrogens is 210 g/mol. The van der Waals surface area contributed by atoms with Crippen molar-refractivity contribution in [1.29, 1.82) is 0 Å². The third-order valence-electron chi connectivity index (χ3n) is 3.51. The SMILES string of the molecule is NCCCc1cc(/C=C/C2CCCCC2)co1. The molecule has 2 N–H and O–H groups in total. The van der Waals surface area contributed by atoms with Crippen LogP contribution in [0, 0.1) is 5.92 Å². The van der Waals surface area contributed by atoms with Gasteiger partial charge in [-0.15, -0.1) is 0 Å². The van der Waals surface area contributed by atoms with E-state index in [1.807, 2.05) is 6.26 Å². The molecule has 0 aromatic carbocycles. The summed E-state index contributed by atoms with van der Waals surface area (Å²) in [4.78, 5) is 0. The van der Waals surface area contributed by atoms with Crippen LogP contribution in [0.25, 0.3) is 6.08 Å². The van der Waals surface area contributed by atoms with Crippen LogP contribution in [0.5, 0.6) is 0 Å². The summed E-state index contributed by atoms with van der Waals surface area (Å²) in [6, 6.07) is 2.13. The number of hydrogen-bond donors (Lipinski definition) is 1. The Morgan fingerprint density at radius 2 is 2.12 bits per heavy atom. The summed E-state index contributed by atoms with van der Waals surface area (Å²) in [6.45, 7) is 0.730. The number of aryl methyl sites for hydroxylation is 1. The van der Waals surface area contributed by atoms with Crippen LogP contribution in [-0.2, 0) is 6.42 Å².